The molecule has 0 unspecified atom stereocenters. The van der Waals surface area contributed by atoms with Gasteiger partial charge in [0.05, 0.1) is 7.11 Å². The van der Waals surface area contributed by atoms with Crippen molar-refractivity contribution in [3.8, 4) is 0 Å². The fraction of sp³-hybridized carbons (Fsp3) is 0.111. The minimum Gasteiger partial charge on any atom is -0.465 e. The molecule has 0 bridgehead atoms. The molecular formula is C9H7FN2O3. The molecule has 0 saturated carbocycles. The number of nitrogen functional groups attached to an aromatic ring is 1. The maximum atomic E-state index is 13.3. The first-order valence-corrected chi connectivity index (χ1v) is 4.06. The minimum atomic E-state index is -0.814. The van der Waals surface area contributed by atoms with E-state index in [1.165, 1.54) is 6.07 Å². The molecule has 0 atom stereocenters. The van der Waals surface area contributed by atoms with Crippen LogP contribution in [0.2, 0.25) is 0 Å². The Morgan fingerprint density at radius 1 is 1.60 bits per heavy atom. The van der Waals surface area contributed by atoms with E-state index in [0.29, 0.717) is 0 Å². The number of nitrogens with two attached hydrogens (primary N) is 1. The zero-order valence-corrected chi connectivity index (χ0v) is 7.78. The second-order valence-corrected chi connectivity index (χ2v) is 2.81. The van der Waals surface area contributed by atoms with E-state index in [2.05, 4.69) is 9.72 Å². The normalized spacial score (nSPS) is 10.5. The summed E-state index contributed by atoms with van der Waals surface area (Å²) >= 11 is 0. The van der Waals surface area contributed by atoms with E-state index in [-0.39, 0.29) is 22.7 Å². The van der Waals surface area contributed by atoms with E-state index in [1.54, 1.807) is 0 Å². The van der Waals surface area contributed by atoms with Gasteiger partial charge in [0, 0.05) is 0 Å². The van der Waals surface area contributed by atoms with Crippen molar-refractivity contribution in [2.75, 3.05) is 12.8 Å². The molecule has 0 aliphatic rings. The maximum Gasteiger partial charge on any atom is 0.343 e. The van der Waals surface area contributed by atoms with E-state index in [0.717, 1.165) is 13.2 Å². The van der Waals surface area contributed by atoms with E-state index in [9.17, 15) is 9.18 Å². The van der Waals surface area contributed by atoms with E-state index < -0.39 is 11.8 Å². The first-order chi connectivity index (χ1) is 7.13. The molecule has 6 heteroatoms. The molecular weight excluding hydrogens is 203 g/mol. The van der Waals surface area contributed by atoms with Crippen LogP contribution in [0.25, 0.3) is 11.1 Å². The highest BCUT2D eigenvalue weighted by Crippen LogP contribution is 2.23. The molecule has 2 N–H and O–H groups in total. The molecule has 0 radical (unpaired) electrons. The number of carbonyl (C=O) groups is 1. The van der Waals surface area contributed by atoms with Crippen LogP contribution in [0, 0.1) is 5.82 Å². The molecule has 0 amide bonds. The SMILES string of the molecule is COC(=O)c1c(F)ccc2oc(N)nc12. The fourth-order valence-corrected chi connectivity index (χ4v) is 1.28. The van der Waals surface area contributed by atoms with Gasteiger partial charge in [-0.1, -0.05) is 0 Å². The predicted octanol–water partition coefficient (Wildman–Crippen LogP) is 1.34. The van der Waals surface area contributed by atoms with Gasteiger partial charge in [-0.15, -0.1) is 0 Å². The van der Waals surface area contributed by atoms with Gasteiger partial charge in [-0.2, -0.15) is 4.98 Å². The molecule has 0 fully saturated rings. The van der Waals surface area contributed by atoms with Crippen molar-refractivity contribution in [1.82, 2.24) is 4.98 Å². The molecule has 2 rings (SSSR count). The lowest BCUT2D eigenvalue weighted by atomic mass is 10.2. The highest BCUT2D eigenvalue weighted by molar-refractivity contribution is 6.01. The second kappa shape index (κ2) is 3.23. The average molecular weight is 210 g/mol. The lowest BCUT2D eigenvalue weighted by Crippen LogP contribution is -2.05. The first kappa shape index (κ1) is 9.45. The quantitative estimate of drug-likeness (QED) is 0.718. The van der Waals surface area contributed by atoms with Crippen LogP contribution >= 0.6 is 0 Å². The van der Waals surface area contributed by atoms with Crippen molar-refractivity contribution in [1.29, 1.82) is 0 Å². The van der Waals surface area contributed by atoms with E-state index in [1.807, 2.05) is 0 Å². The Kier molecular flexibility index (Phi) is 2.03. The Hall–Kier alpha value is -2.11. The van der Waals surface area contributed by atoms with Gasteiger partial charge in [0.1, 0.15) is 16.9 Å². The molecule has 0 aliphatic carbocycles. The van der Waals surface area contributed by atoms with E-state index in [4.69, 9.17) is 10.2 Å². The molecule has 5 nitrogen and oxygen atoms in total. The molecule has 0 saturated heterocycles. The number of hydrogen-bond donors (Lipinski definition) is 1. The summed E-state index contributed by atoms with van der Waals surface area (Å²) in [6, 6.07) is 2.32. The third-order valence-electron chi connectivity index (χ3n) is 1.92. The van der Waals surface area contributed by atoms with Crippen LogP contribution in [0.5, 0.6) is 0 Å². The number of rotatable bonds is 1. The van der Waals surface area contributed by atoms with Gasteiger partial charge in [-0.25, -0.2) is 9.18 Å². The molecule has 1 aromatic carbocycles. The van der Waals surface area contributed by atoms with Crippen molar-refractivity contribution in [2.24, 2.45) is 0 Å². The summed E-state index contributed by atoms with van der Waals surface area (Å²) in [6.07, 6.45) is 0. The predicted molar refractivity (Wildman–Crippen MR) is 49.7 cm³/mol. The van der Waals surface area contributed by atoms with Crippen molar-refractivity contribution in [3.05, 3.63) is 23.5 Å². The summed E-state index contributed by atoms with van der Waals surface area (Å²) in [7, 11) is 1.16. The number of methoxy groups -OCH3 is 1. The Labute approximate surface area is 83.6 Å². The van der Waals surface area contributed by atoms with Crippen LogP contribution in [0.4, 0.5) is 10.4 Å². The number of anilines is 1. The zero-order chi connectivity index (χ0) is 11.0. The van der Waals surface area contributed by atoms with Gasteiger partial charge in [0.15, 0.2) is 5.58 Å². The molecule has 1 aromatic heterocycles. The number of benzene rings is 1. The summed E-state index contributed by atoms with van der Waals surface area (Å²) in [5.41, 5.74) is 5.34. The number of aromatic nitrogens is 1. The highest BCUT2D eigenvalue weighted by atomic mass is 19.1. The third kappa shape index (κ3) is 1.39. The molecule has 15 heavy (non-hydrogen) atoms. The maximum absolute atomic E-state index is 13.3. The van der Waals surface area contributed by atoms with E-state index >= 15 is 0 Å². The monoisotopic (exact) mass is 210 g/mol. The zero-order valence-electron chi connectivity index (χ0n) is 7.78. The van der Waals surface area contributed by atoms with Crippen LogP contribution in [0.3, 0.4) is 0 Å². The van der Waals surface area contributed by atoms with Crippen LogP contribution < -0.4 is 5.73 Å². The van der Waals surface area contributed by atoms with Gasteiger partial charge in [0.25, 0.3) is 6.01 Å². The smallest absolute Gasteiger partial charge is 0.343 e. The summed E-state index contributed by atoms with van der Waals surface area (Å²) in [6.45, 7) is 0. The molecule has 0 spiro atoms. The Morgan fingerprint density at radius 3 is 3.00 bits per heavy atom. The lowest BCUT2D eigenvalue weighted by molar-refractivity contribution is 0.0597. The van der Waals surface area contributed by atoms with Crippen molar-refractivity contribution in [2.45, 2.75) is 0 Å². The topological polar surface area (TPSA) is 78.3 Å². The van der Waals surface area contributed by atoms with Crippen LogP contribution in [0.15, 0.2) is 16.5 Å². The Morgan fingerprint density at radius 2 is 2.33 bits per heavy atom. The van der Waals surface area contributed by atoms with Crippen molar-refractivity contribution < 1.29 is 18.3 Å². The third-order valence-corrected chi connectivity index (χ3v) is 1.92. The Balaban J connectivity index is 2.78. The number of nitrogens with zero attached hydrogens (tertiary/aromatic N) is 1. The average Bonchev–Trinajstić information content (AvgIpc) is 2.57. The van der Waals surface area contributed by atoms with Gasteiger partial charge in [0.2, 0.25) is 0 Å². The minimum absolute atomic E-state index is 0.0688. The summed E-state index contributed by atoms with van der Waals surface area (Å²) < 4.78 is 22.7. The van der Waals surface area contributed by atoms with Gasteiger partial charge in [-0.05, 0) is 12.1 Å². The van der Waals surface area contributed by atoms with Gasteiger partial charge < -0.3 is 14.9 Å². The largest absolute Gasteiger partial charge is 0.465 e. The standard InChI is InChI=1S/C9H7FN2O3/c1-14-8(13)6-4(10)2-3-5-7(6)12-9(11)15-5/h2-3H,1H3,(H2,11,12). The number of carbonyl (C=O) groups excluding carboxylic acids is 1. The first-order valence-electron chi connectivity index (χ1n) is 4.06. The molecule has 78 valence electrons. The molecule has 0 aliphatic heterocycles. The van der Waals surface area contributed by atoms with Crippen molar-refractivity contribution in [3.63, 3.8) is 0 Å². The number of hydrogen-bond acceptors (Lipinski definition) is 5. The lowest BCUT2D eigenvalue weighted by Gasteiger charge is -2.00. The van der Waals surface area contributed by atoms with Crippen LogP contribution in [-0.2, 0) is 4.74 Å². The number of ether oxygens (including phenoxy) is 1. The number of oxazole rings is 1. The second-order valence-electron chi connectivity index (χ2n) is 2.81. The molecule has 1 heterocycles. The highest BCUT2D eigenvalue weighted by Gasteiger charge is 2.20. The van der Waals surface area contributed by atoms with Crippen LogP contribution in [-0.4, -0.2) is 18.1 Å². The van der Waals surface area contributed by atoms with Crippen molar-refractivity contribution >= 4 is 23.1 Å². The Bertz CT molecular complexity index is 535. The van der Waals surface area contributed by atoms with Gasteiger partial charge in [-0.3, -0.25) is 0 Å². The molecule has 2 aromatic rings. The number of fused-ring (bicyclic) bond motifs is 1. The van der Waals surface area contributed by atoms with Gasteiger partial charge >= 0.3 is 5.97 Å². The number of esters is 1. The summed E-state index contributed by atoms with van der Waals surface area (Å²) in [5, 5.41) is 0. The summed E-state index contributed by atoms with van der Waals surface area (Å²) in [4.78, 5) is 15.0. The summed E-state index contributed by atoms with van der Waals surface area (Å²) in [5.74, 6) is -1.53. The fourth-order valence-electron chi connectivity index (χ4n) is 1.28. The van der Waals surface area contributed by atoms with Crippen LogP contribution in [0.1, 0.15) is 10.4 Å². The number of halogens is 1.